The smallest absolute Gasteiger partial charge is 0.253 e. The van der Waals surface area contributed by atoms with Gasteiger partial charge in [0.25, 0.3) is 5.91 Å². The average Bonchev–Trinajstić information content (AvgIpc) is 3.69. The molecule has 1 spiro atoms. The van der Waals surface area contributed by atoms with Crippen LogP contribution in [0.25, 0.3) is 0 Å². The standard InChI is InChI=1S/C34H41N3O7/c1-5-19-35(23-11-15-26(16-12-23)43-7-3)31(39)28-27-17-18-34(44-27)29(28)32(40)37(21-8-22-38)30(34)33(41)36(20-6-2)24-9-13-25(42-4)14-10-24/h5-6,9-16,27-30,38H,1-2,7-8,17-22H2,3-4H3/t27-,28+,29-,30?,34?/m0/s1. The summed E-state index contributed by atoms with van der Waals surface area (Å²) in [6, 6.07) is 13.4. The van der Waals surface area contributed by atoms with Gasteiger partial charge in [-0.3, -0.25) is 14.4 Å². The number of amides is 3. The van der Waals surface area contributed by atoms with Crippen molar-refractivity contribution < 1.29 is 33.7 Å². The Balaban J connectivity index is 1.51. The normalized spacial score (nSPS) is 25.0. The zero-order valence-corrected chi connectivity index (χ0v) is 25.4. The van der Waals surface area contributed by atoms with Crippen LogP contribution in [0.15, 0.2) is 73.8 Å². The van der Waals surface area contributed by atoms with Gasteiger partial charge >= 0.3 is 0 Å². The molecule has 3 aliphatic heterocycles. The molecule has 0 radical (unpaired) electrons. The van der Waals surface area contributed by atoms with Gasteiger partial charge in [0, 0.05) is 37.6 Å². The third-order valence-electron chi connectivity index (χ3n) is 8.88. The topological polar surface area (TPSA) is 109 Å². The van der Waals surface area contributed by atoms with Crippen LogP contribution in [0.3, 0.4) is 0 Å². The Morgan fingerprint density at radius 3 is 2.16 bits per heavy atom. The molecule has 3 amide bonds. The van der Waals surface area contributed by atoms with Crippen molar-refractivity contribution in [2.45, 2.75) is 43.9 Å². The highest BCUT2D eigenvalue weighted by atomic mass is 16.5. The first-order valence-corrected chi connectivity index (χ1v) is 15.2. The first kappa shape index (κ1) is 31.3. The molecule has 3 aliphatic rings. The number of rotatable bonds is 14. The van der Waals surface area contributed by atoms with E-state index in [9.17, 15) is 19.5 Å². The van der Waals surface area contributed by atoms with Crippen molar-refractivity contribution in [1.82, 2.24) is 4.90 Å². The summed E-state index contributed by atoms with van der Waals surface area (Å²) in [5.41, 5.74) is 0.110. The minimum Gasteiger partial charge on any atom is -0.497 e. The summed E-state index contributed by atoms with van der Waals surface area (Å²) in [5.74, 6) is -1.12. The summed E-state index contributed by atoms with van der Waals surface area (Å²) in [5, 5.41) is 9.67. The molecule has 5 rings (SSSR count). The van der Waals surface area contributed by atoms with E-state index >= 15 is 0 Å². The maximum Gasteiger partial charge on any atom is 0.253 e. The molecule has 1 N–H and O–H groups in total. The second-order valence-electron chi connectivity index (χ2n) is 11.3. The van der Waals surface area contributed by atoms with Crippen LogP contribution >= 0.6 is 0 Å². The number of anilines is 2. The van der Waals surface area contributed by atoms with Crippen LogP contribution in [0.4, 0.5) is 11.4 Å². The summed E-state index contributed by atoms with van der Waals surface area (Å²) in [6.45, 7) is 10.6. The summed E-state index contributed by atoms with van der Waals surface area (Å²) in [6.07, 6.45) is 4.09. The predicted octanol–water partition coefficient (Wildman–Crippen LogP) is 3.59. The van der Waals surface area contributed by atoms with Crippen LogP contribution in [-0.2, 0) is 19.1 Å². The first-order valence-electron chi connectivity index (χ1n) is 15.2. The number of likely N-dealkylation sites (tertiary alicyclic amines) is 1. The Hall–Kier alpha value is -4.15. The fraction of sp³-hybridized carbons (Fsp3) is 0.441. The van der Waals surface area contributed by atoms with Gasteiger partial charge in [0.15, 0.2) is 0 Å². The SMILES string of the molecule is C=CCN(C(=O)C1N(CCCO)C(=O)[C@@H]2[C@H](C(=O)N(CC=C)c3ccc(OCC)cc3)[C@@H]3CCC12O3)c1ccc(OC)cc1. The lowest BCUT2D eigenvalue weighted by Crippen LogP contribution is -2.56. The largest absolute Gasteiger partial charge is 0.497 e. The Kier molecular flexibility index (Phi) is 9.41. The van der Waals surface area contributed by atoms with Gasteiger partial charge in [-0.05, 0) is 74.7 Å². The molecule has 0 aromatic heterocycles. The van der Waals surface area contributed by atoms with E-state index in [4.69, 9.17) is 14.2 Å². The van der Waals surface area contributed by atoms with Crippen LogP contribution < -0.4 is 19.3 Å². The van der Waals surface area contributed by atoms with Crippen LogP contribution in [0, 0.1) is 11.8 Å². The van der Waals surface area contributed by atoms with Gasteiger partial charge in [-0.15, -0.1) is 13.2 Å². The van der Waals surface area contributed by atoms with E-state index in [0.29, 0.717) is 48.7 Å². The molecule has 3 saturated heterocycles. The second kappa shape index (κ2) is 13.2. The van der Waals surface area contributed by atoms with Gasteiger partial charge in [0.1, 0.15) is 23.1 Å². The van der Waals surface area contributed by atoms with E-state index in [1.54, 1.807) is 65.5 Å². The molecule has 2 aromatic carbocycles. The first-order chi connectivity index (χ1) is 21.3. The lowest BCUT2D eigenvalue weighted by Gasteiger charge is -2.37. The van der Waals surface area contributed by atoms with Crippen LogP contribution in [0.1, 0.15) is 26.2 Å². The average molecular weight is 604 g/mol. The van der Waals surface area contributed by atoms with Gasteiger partial charge in [-0.2, -0.15) is 0 Å². The highest BCUT2D eigenvalue weighted by Gasteiger charge is 2.74. The number of hydrogen-bond donors (Lipinski definition) is 1. The highest BCUT2D eigenvalue weighted by molar-refractivity contribution is 6.06. The molecular formula is C34H41N3O7. The molecule has 5 atom stereocenters. The van der Waals surface area contributed by atoms with Crippen molar-refractivity contribution in [3.05, 3.63) is 73.8 Å². The number of nitrogens with zero attached hydrogens (tertiary/aromatic N) is 3. The number of hydrogen-bond acceptors (Lipinski definition) is 7. The molecule has 3 heterocycles. The van der Waals surface area contributed by atoms with E-state index in [-0.39, 0.29) is 44.0 Å². The summed E-state index contributed by atoms with van der Waals surface area (Å²) >= 11 is 0. The molecular weight excluding hydrogens is 562 g/mol. The fourth-order valence-corrected chi connectivity index (χ4v) is 7.08. The van der Waals surface area contributed by atoms with Crippen molar-refractivity contribution >= 4 is 29.1 Å². The lowest BCUT2D eigenvalue weighted by atomic mass is 9.70. The maximum atomic E-state index is 14.5. The third kappa shape index (κ3) is 5.37. The molecule has 44 heavy (non-hydrogen) atoms. The van der Waals surface area contributed by atoms with Gasteiger partial charge in [-0.25, -0.2) is 0 Å². The van der Waals surface area contributed by atoms with E-state index in [1.807, 2.05) is 19.1 Å². The minimum absolute atomic E-state index is 0.145. The van der Waals surface area contributed by atoms with Crippen LogP contribution in [0.5, 0.6) is 11.5 Å². The van der Waals surface area contributed by atoms with Crippen LogP contribution in [-0.4, -0.2) is 85.4 Å². The van der Waals surface area contributed by atoms with Crippen molar-refractivity contribution in [2.24, 2.45) is 11.8 Å². The summed E-state index contributed by atoms with van der Waals surface area (Å²) in [7, 11) is 1.57. The summed E-state index contributed by atoms with van der Waals surface area (Å²) < 4.78 is 17.5. The molecule has 234 valence electrons. The van der Waals surface area contributed by atoms with Gasteiger partial charge in [0.05, 0.1) is 31.7 Å². The number of benzene rings is 2. The number of carbonyl (C=O) groups is 3. The van der Waals surface area contributed by atoms with Crippen molar-refractivity contribution in [3.8, 4) is 11.5 Å². The monoisotopic (exact) mass is 603 g/mol. The Labute approximate surface area is 258 Å². The minimum atomic E-state index is -1.17. The number of aliphatic hydroxyl groups is 1. The van der Waals surface area contributed by atoms with Gasteiger partial charge in [0.2, 0.25) is 11.8 Å². The van der Waals surface area contributed by atoms with Crippen molar-refractivity contribution in [3.63, 3.8) is 0 Å². The zero-order valence-electron chi connectivity index (χ0n) is 25.4. The number of fused-ring (bicyclic) bond motifs is 1. The molecule has 2 unspecified atom stereocenters. The van der Waals surface area contributed by atoms with Crippen molar-refractivity contribution in [2.75, 3.05) is 49.8 Å². The van der Waals surface area contributed by atoms with Crippen molar-refractivity contribution in [1.29, 1.82) is 0 Å². The molecule has 3 fully saturated rings. The molecule has 2 aromatic rings. The van der Waals surface area contributed by atoms with E-state index < -0.39 is 29.6 Å². The third-order valence-corrected chi connectivity index (χ3v) is 8.88. The van der Waals surface area contributed by atoms with Gasteiger partial charge in [-0.1, -0.05) is 12.2 Å². The number of aliphatic hydroxyl groups excluding tert-OH is 1. The number of carbonyl (C=O) groups excluding carboxylic acids is 3. The van der Waals surface area contributed by atoms with E-state index in [0.717, 1.165) is 0 Å². The van der Waals surface area contributed by atoms with E-state index in [1.165, 1.54) is 4.90 Å². The predicted molar refractivity (Wildman–Crippen MR) is 167 cm³/mol. The number of methoxy groups -OCH3 is 1. The highest BCUT2D eigenvalue weighted by Crippen LogP contribution is 2.59. The zero-order chi connectivity index (χ0) is 31.4. The molecule has 10 nitrogen and oxygen atoms in total. The molecule has 2 bridgehead atoms. The lowest BCUT2D eigenvalue weighted by molar-refractivity contribution is -0.141. The maximum absolute atomic E-state index is 14.5. The van der Waals surface area contributed by atoms with E-state index in [2.05, 4.69) is 13.2 Å². The number of ether oxygens (including phenoxy) is 3. The Morgan fingerprint density at radius 2 is 1.61 bits per heavy atom. The molecule has 0 saturated carbocycles. The fourth-order valence-electron chi connectivity index (χ4n) is 7.08. The molecule has 10 heteroatoms. The Bertz CT molecular complexity index is 1380. The van der Waals surface area contributed by atoms with Crippen LogP contribution in [0.2, 0.25) is 0 Å². The van der Waals surface area contributed by atoms with Gasteiger partial charge < -0.3 is 34.0 Å². The second-order valence-corrected chi connectivity index (χ2v) is 11.3. The summed E-state index contributed by atoms with van der Waals surface area (Å²) in [4.78, 5) is 47.9. The quantitative estimate of drug-likeness (QED) is 0.329. The Morgan fingerprint density at radius 1 is 1.02 bits per heavy atom. The molecule has 0 aliphatic carbocycles.